The highest BCUT2D eigenvalue weighted by molar-refractivity contribution is 9.10. The highest BCUT2D eigenvalue weighted by atomic mass is 79.9. The van der Waals surface area contributed by atoms with Crippen molar-refractivity contribution in [1.82, 2.24) is 0 Å². The predicted octanol–water partition coefficient (Wildman–Crippen LogP) is 5.08. The molecule has 94 valence electrons. The zero-order valence-electron chi connectivity index (χ0n) is 10.1. The van der Waals surface area contributed by atoms with Gasteiger partial charge in [-0.15, -0.1) is 23.5 Å². The van der Waals surface area contributed by atoms with Crippen molar-refractivity contribution < 1.29 is 4.74 Å². The van der Waals surface area contributed by atoms with Gasteiger partial charge in [0.25, 0.3) is 0 Å². The fourth-order valence-electron chi connectivity index (χ4n) is 2.06. The minimum atomic E-state index is 0.560. The third-order valence-electron chi connectivity index (χ3n) is 2.84. The largest absolute Gasteiger partial charge is 0.492 e. The number of hydrogen-bond acceptors (Lipinski definition) is 4. The molecule has 0 spiro atoms. The van der Waals surface area contributed by atoms with E-state index < -0.39 is 0 Å². The standard InChI is InChI=1S/C12H15BrOS3/c1-15-8-4-5-14-11-9(16-2)6-7(13)12(17-3)10(8)11/h6,8H,4-5H2,1-3H3. The Balaban J connectivity index is 2.64. The Kier molecular flexibility index (Phi) is 5.04. The van der Waals surface area contributed by atoms with Crippen LogP contribution < -0.4 is 4.74 Å². The molecule has 1 atom stereocenters. The van der Waals surface area contributed by atoms with Gasteiger partial charge in [-0.1, -0.05) is 0 Å². The lowest BCUT2D eigenvalue weighted by Crippen LogP contribution is -2.14. The lowest BCUT2D eigenvalue weighted by Gasteiger charge is -2.28. The molecule has 0 N–H and O–H groups in total. The number of ether oxygens (including phenoxy) is 1. The number of halogens is 1. The third kappa shape index (κ3) is 2.62. The van der Waals surface area contributed by atoms with Gasteiger partial charge in [-0.2, -0.15) is 11.8 Å². The molecule has 0 saturated carbocycles. The van der Waals surface area contributed by atoms with Gasteiger partial charge in [0.05, 0.1) is 11.5 Å². The summed E-state index contributed by atoms with van der Waals surface area (Å²) in [6, 6.07) is 2.18. The van der Waals surface area contributed by atoms with E-state index in [2.05, 4.69) is 40.8 Å². The van der Waals surface area contributed by atoms with Crippen molar-refractivity contribution in [2.75, 3.05) is 25.4 Å². The second kappa shape index (κ2) is 6.13. The van der Waals surface area contributed by atoms with Crippen LogP contribution in [-0.2, 0) is 0 Å². The zero-order valence-corrected chi connectivity index (χ0v) is 14.1. The zero-order chi connectivity index (χ0) is 12.4. The molecule has 0 saturated heterocycles. The molecule has 2 rings (SSSR count). The average Bonchev–Trinajstić information content (AvgIpc) is 2.37. The van der Waals surface area contributed by atoms with Gasteiger partial charge in [0.1, 0.15) is 5.75 Å². The maximum atomic E-state index is 5.91. The van der Waals surface area contributed by atoms with Crippen LogP contribution in [0, 0.1) is 0 Å². The molecular weight excluding hydrogens is 336 g/mol. The van der Waals surface area contributed by atoms with Crippen LogP contribution in [0.25, 0.3) is 0 Å². The summed E-state index contributed by atoms with van der Waals surface area (Å²) in [5.74, 6) is 1.11. The van der Waals surface area contributed by atoms with Crippen LogP contribution in [0.2, 0.25) is 0 Å². The Hall–Kier alpha value is 0.550. The van der Waals surface area contributed by atoms with Crippen molar-refractivity contribution in [2.24, 2.45) is 0 Å². The summed E-state index contributed by atoms with van der Waals surface area (Å²) in [6.45, 7) is 0.835. The van der Waals surface area contributed by atoms with E-state index in [0.717, 1.165) is 18.8 Å². The molecule has 17 heavy (non-hydrogen) atoms. The first-order valence-electron chi connectivity index (χ1n) is 5.32. The van der Waals surface area contributed by atoms with E-state index in [1.165, 1.54) is 19.8 Å². The smallest absolute Gasteiger partial charge is 0.138 e. The first-order valence-corrected chi connectivity index (χ1v) is 9.86. The Morgan fingerprint density at radius 3 is 2.65 bits per heavy atom. The van der Waals surface area contributed by atoms with Crippen molar-refractivity contribution in [1.29, 1.82) is 0 Å². The Bertz CT molecular complexity index is 423. The summed E-state index contributed by atoms with van der Waals surface area (Å²) >= 11 is 9.16. The molecule has 1 aromatic carbocycles. The van der Waals surface area contributed by atoms with Crippen LogP contribution in [-0.4, -0.2) is 25.4 Å². The van der Waals surface area contributed by atoms with Crippen molar-refractivity contribution in [2.45, 2.75) is 21.5 Å². The maximum Gasteiger partial charge on any atom is 0.138 e. The fourth-order valence-corrected chi connectivity index (χ4v) is 5.30. The molecule has 1 nitrogen and oxygen atoms in total. The van der Waals surface area contributed by atoms with Crippen LogP contribution in [0.1, 0.15) is 17.2 Å². The van der Waals surface area contributed by atoms with Crippen molar-refractivity contribution in [3.8, 4) is 5.75 Å². The minimum absolute atomic E-state index is 0.560. The van der Waals surface area contributed by atoms with E-state index in [1.54, 1.807) is 23.5 Å². The summed E-state index contributed by atoms with van der Waals surface area (Å²) in [5, 5.41) is 0.560. The Labute approximate surface area is 124 Å². The lowest BCUT2D eigenvalue weighted by molar-refractivity contribution is 0.277. The van der Waals surface area contributed by atoms with Crippen LogP contribution in [0.3, 0.4) is 0 Å². The number of benzene rings is 1. The minimum Gasteiger partial charge on any atom is -0.492 e. The molecule has 0 aliphatic carbocycles. The van der Waals surface area contributed by atoms with E-state index in [4.69, 9.17) is 4.74 Å². The molecule has 1 aliphatic heterocycles. The number of hydrogen-bond donors (Lipinski definition) is 0. The van der Waals surface area contributed by atoms with Crippen LogP contribution in [0.15, 0.2) is 20.3 Å². The predicted molar refractivity (Wildman–Crippen MR) is 84.1 cm³/mol. The van der Waals surface area contributed by atoms with E-state index in [9.17, 15) is 0 Å². The molecule has 0 amide bonds. The van der Waals surface area contributed by atoms with Gasteiger partial charge in [0, 0.05) is 20.2 Å². The molecule has 0 radical (unpaired) electrons. The van der Waals surface area contributed by atoms with Gasteiger partial charge in [-0.3, -0.25) is 0 Å². The molecule has 5 heteroatoms. The number of fused-ring (bicyclic) bond motifs is 1. The molecule has 0 aromatic heterocycles. The molecule has 1 aliphatic rings. The van der Waals surface area contributed by atoms with E-state index in [0.29, 0.717) is 5.25 Å². The summed E-state index contributed by atoms with van der Waals surface area (Å²) in [6.07, 6.45) is 7.52. The van der Waals surface area contributed by atoms with E-state index in [1.807, 2.05) is 11.8 Å². The molecule has 0 fully saturated rings. The topological polar surface area (TPSA) is 9.23 Å². The van der Waals surface area contributed by atoms with Gasteiger partial charge in [-0.25, -0.2) is 0 Å². The average molecular weight is 351 g/mol. The highest BCUT2D eigenvalue weighted by Crippen LogP contribution is 2.50. The fraction of sp³-hybridized carbons (Fsp3) is 0.500. The second-order valence-corrected chi connectivity index (χ2v) is 7.26. The third-order valence-corrected chi connectivity index (χ3v) is 6.36. The summed E-state index contributed by atoms with van der Waals surface area (Å²) in [5.41, 5.74) is 1.38. The molecule has 0 bridgehead atoms. The highest BCUT2D eigenvalue weighted by Gasteiger charge is 2.27. The van der Waals surface area contributed by atoms with Gasteiger partial charge in [0.15, 0.2) is 0 Å². The first-order chi connectivity index (χ1) is 8.22. The summed E-state index contributed by atoms with van der Waals surface area (Å²) in [7, 11) is 0. The second-order valence-electron chi connectivity index (χ2n) is 3.70. The van der Waals surface area contributed by atoms with Gasteiger partial charge in [0.2, 0.25) is 0 Å². The first kappa shape index (κ1) is 14.0. The lowest BCUT2D eigenvalue weighted by atomic mass is 10.1. The van der Waals surface area contributed by atoms with E-state index in [-0.39, 0.29) is 0 Å². The SMILES string of the molecule is CSc1cc(Br)c(SC)c2c1OCCC2SC. The van der Waals surface area contributed by atoms with E-state index >= 15 is 0 Å². The number of thioether (sulfide) groups is 3. The Morgan fingerprint density at radius 1 is 1.29 bits per heavy atom. The quantitative estimate of drug-likeness (QED) is 0.702. The Morgan fingerprint density at radius 2 is 2.06 bits per heavy atom. The van der Waals surface area contributed by atoms with Crippen molar-refractivity contribution in [3.63, 3.8) is 0 Å². The van der Waals surface area contributed by atoms with Crippen LogP contribution in [0.4, 0.5) is 0 Å². The molecule has 1 aromatic rings. The van der Waals surface area contributed by atoms with Gasteiger partial charge < -0.3 is 4.74 Å². The van der Waals surface area contributed by atoms with Crippen molar-refractivity contribution >= 4 is 51.2 Å². The molecule has 1 heterocycles. The summed E-state index contributed by atoms with van der Waals surface area (Å²) < 4.78 is 7.10. The van der Waals surface area contributed by atoms with Crippen LogP contribution in [0.5, 0.6) is 5.75 Å². The van der Waals surface area contributed by atoms with Crippen LogP contribution >= 0.6 is 51.2 Å². The molecular formula is C12H15BrOS3. The monoisotopic (exact) mass is 350 g/mol. The van der Waals surface area contributed by atoms with Crippen molar-refractivity contribution in [3.05, 3.63) is 16.1 Å². The normalized spacial score (nSPS) is 18.7. The summed E-state index contributed by atoms with van der Waals surface area (Å²) in [4.78, 5) is 2.57. The van der Waals surface area contributed by atoms with Gasteiger partial charge >= 0.3 is 0 Å². The maximum absolute atomic E-state index is 5.91. The number of rotatable bonds is 3. The molecule has 1 unspecified atom stereocenters. The van der Waals surface area contributed by atoms with Gasteiger partial charge in [-0.05, 0) is 47.2 Å².